The Kier molecular flexibility index (Phi) is 6.93. The van der Waals surface area contributed by atoms with Crippen LogP contribution in [-0.4, -0.2) is 56.4 Å². The van der Waals surface area contributed by atoms with Crippen LogP contribution in [0.5, 0.6) is 5.75 Å². The monoisotopic (exact) mass is 401 g/mol. The van der Waals surface area contributed by atoms with Gasteiger partial charge in [0.05, 0.1) is 24.4 Å². The molecule has 29 heavy (non-hydrogen) atoms. The van der Waals surface area contributed by atoms with Gasteiger partial charge in [0.15, 0.2) is 0 Å². The predicted molar refractivity (Wildman–Crippen MR) is 112 cm³/mol. The molecule has 1 fully saturated rings. The number of nitrogens with one attached hydrogen (secondary N) is 1. The summed E-state index contributed by atoms with van der Waals surface area (Å²) in [5.74, 6) is 0.393. The Morgan fingerprint density at radius 2 is 1.90 bits per heavy atom. The van der Waals surface area contributed by atoms with E-state index < -0.39 is 0 Å². The lowest BCUT2D eigenvalue weighted by atomic mass is 10.2. The first kappa shape index (κ1) is 20.9. The second kappa shape index (κ2) is 9.60. The number of urea groups is 1. The summed E-state index contributed by atoms with van der Waals surface area (Å²) in [6.07, 6.45) is 0.0913. The highest BCUT2D eigenvalue weighted by atomic mass is 19.1. The number of halogens is 1. The average Bonchev–Trinajstić information content (AvgIpc) is 2.68. The lowest BCUT2D eigenvalue weighted by Gasteiger charge is -2.37. The van der Waals surface area contributed by atoms with E-state index in [9.17, 15) is 9.18 Å². The molecule has 0 spiro atoms. The van der Waals surface area contributed by atoms with Gasteiger partial charge in [-0.1, -0.05) is 18.2 Å². The number of anilines is 2. The summed E-state index contributed by atoms with van der Waals surface area (Å²) in [4.78, 5) is 15.8. The smallest absolute Gasteiger partial charge is 0.321 e. The summed E-state index contributed by atoms with van der Waals surface area (Å²) in [7, 11) is 1.67. The molecule has 6 nitrogen and oxygen atoms in total. The highest BCUT2D eigenvalue weighted by molar-refractivity contribution is 5.89. The molecule has 2 aromatic rings. The third-order valence-electron chi connectivity index (χ3n) is 4.74. The lowest BCUT2D eigenvalue weighted by molar-refractivity contribution is -0.00539. The largest absolute Gasteiger partial charge is 0.492 e. The second-order valence-corrected chi connectivity index (χ2v) is 7.34. The van der Waals surface area contributed by atoms with Crippen molar-refractivity contribution >= 4 is 17.4 Å². The van der Waals surface area contributed by atoms with Gasteiger partial charge in [0, 0.05) is 25.8 Å². The molecule has 1 heterocycles. The zero-order chi connectivity index (χ0) is 20.8. The van der Waals surface area contributed by atoms with E-state index in [0.717, 1.165) is 5.75 Å². The lowest BCUT2D eigenvalue weighted by Crippen LogP contribution is -2.45. The minimum Gasteiger partial charge on any atom is -0.492 e. The molecule has 0 radical (unpaired) electrons. The standard InChI is InChI=1S/C22H28FN3O3/c1-16-14-26(15-17(2)29-16)21-10-9-18(13-20(21)23)24-22(27)25(3)11-12-28-19-7-5-4-6-8-19/h4-10,13,16-17H,11-12,14-15H2,1-3H3,(H,24,27)/t16-,17-/m0/s1. The summed E-state index contributed by atoms with van der Waals surface area (Å²) >= 11 is 0. The fourth-order valence-corrected chi connectivity index (χ4v) is 3.35. The average molecular weight is 401 g/mol. The summed E-state index contributed by atoms with van der Waals surface area (Å²) in [5, 5.41) is 2.73. The van der Waals surface area contributed by atoms with Gasteiger partial charge in [-0.15, -0.1) is 0 Å². The van der Waals surface area contributed by atoms with Crippen molar-refractivity contribution in [3.63, 3.8) is 0 Å². The second-order valence-electron chi connectivity index (χ2n) is 7.34. The van der Waals surface area contributed by atoms with Gasteiger partial charge in [-0.05, 0) is 44.2 Å². The number of rotatable bonds is 6. The normalized spacial score (nSPS) is 19.0. The molecular formula is C22H28FN3O3. The number of morpholine rings is 1. The molecule has 2 aromatic carbocycles. The third kappa shape index (κ3) is 5.84. The van der Waals surface area contributed by atoms with E-state index >= 15 is 0 Å². The van der Waals surface area contributed by atoms with E-state index in [1.54, 1.807) is 19.2 Å². The summed E-state index contributed by atoms with van der Waals surface area (Å²) < 4.78 is 26.0. The van der Waals surface area contributed by atoms with Gasteiger partial charge in [-0.3, -0.25) is 0 Å². The fourth-order valence-electron chi connectivity index (χ4n) is 3.35. The number of benzene rings is 2. The maximum absolute atomic E-state index is 14.7. The van der Waals surface area contributed by atoms with Crippen LogP contribution < -0.4 is 15.0 Å². The van der Waals surface area contributed by atoms with Gasteiger partial charge in [-0.25, -0.2) is 9.18 Å². The molecule has 1 aliphatic rings. The Balaban J connectivity index is 1.52. The molecule has 7 heteroatoms. The molecule has 1 N–H and O–H groups in total. The maximum Gasteiger partial charge on any atom is 0.321 e. The molecule has 156 valence electrons. The predicted octanol–water partition coefficient (Wildman–Crippen LogP) is 3.98. The highest BCUT2D eigenvalue weighted by Gasteiger charge is 2.24. The number of carbonyl (C=O) groups excluding carboxylic acids is 1. The van der Waals surface area contributed by atoms with Gasteiger partial charge < -0.3 is 24.6 Å². The fraction of sp³-hybridized carbons (Fsp3) is 0.409. The van der Waals surface area contributed by atoms with Crippen molar-refractivity contribution in [1.82, 2.24) is 4.90 Å². The third-order valence-corrected chi connectivity index (χ3v) is 4.74. The van der Waals surface area contributed by atoms with Crippen LogP contribution in [0.15, 0.2) is 48.5 Å². The van der Waals surface area contributed by atoms with Gasteiger partial charge in [0.2, 0.25) is 0 Å². The van der Waals surface area contributed by atoms with E-state index in [4.69, 9.17) is 9.47 Å². The Labute approximate surface area is 171 Å². The van der Waals surface area contributed by atoms with Crippen LogP contribution >= 0.6 is 0 Å². The summed E-state index contributed by atoms with van der Waals surface area (Å²) in [6, 6.07) is 13.9. The zero-order valence-corrected chi connectivity index (χ0v) is 17.1. The number of nitrogens with zero attached hydrogens (tertiary/aromatic N) is 2. The van der Waals surface area contributed by atoms with E-state index in [1.807, 2.05) is 49.1 Å². The Morgan fingerprint density at radius 1 is 1.21 bits per heavy atom. The van der Waals surface area contributed by atoms with E-state index in [-0.39, 0.29) is 24.1 Å². The van der Waals surface area contributed by atoms with Crippen LogP contribution in [-0.2, 0) is 4.74 Å². The molecular weight excluding hydrogens is 373 g/mol. The number of ether oxygens (including phenoxy) is 2. The number of carbonyl (C=O) groups is 1. The molecule has 2 atom stereocenters. The van der Waals surface area contributed by atoms with E-state index in [0.29, 0.717) is 37.6 Å². The number of hydrogen-bond acceptors (Lipinski definition) is 4. The van der Waals surface area contributed by atoms with Crippen molar-refractivity contribution in [3.8, 4) is 5.75 Å². The molecule has 0 aliphatic carbocycles. The van der Waals surface area contributed by atoms with Crippen LogP contribution in [0.25, 0.3) is 0 Å². The highest BCUT2D eigenvalue weighted by Crippen LogP contribution is 2.26. The molecule has 1 aliphatic heterocycles. The van der Waals surface area contributed by atoms with Crippen molar-refractivity contribution in [2.75, 3.05) is 43.5 Å². The summed E-state index contributed by atoms with van der Waals surface area (Å²) in [6.45, 7) is 6.01. The first-order chi connectivity index (χ1) is 13.9. The van der Waals surface area contributed by atoms with Crippen molar-refractivity contribution in [3.05, 3.63) is 54.3 Å². The summed E-state index contributed by atoms with van der Waals surface area (Å²) in [5.41, 5.74) is 0.941. The molecule has 0 unspecified atom stereocenters. The molecule has 1 saturated heterocycles. The number of likely N-dealkylation sites (N-methyl/N-ethyl adjacent to an activating group) is 1. The zero-order valence-electron chi connectivity index (χ0n) is 17.1. The van der Waals surface area contributed by atoms with Crippen molar-refractivity contribution in [2.24, 2.45) is 0 Å². The Morgan fingerprint density at radius 3 is 2.55 bits per heavy atom. The minimum absolute atomic E-state index is 0.0456. The van der Waals surface area contributed by atoms with Crippen LogP contribution in [0, 0.1) is 5.82 Å². The SMILES string of the molecule is C[C@H]1CN(c2ccc(NC(=O)N(C)CCOc3ccccc3)cc2F)C[C@H](C)O1. The maximum atomic E-state index is 14.7. The van der Waals surface area contributed by atoms with Crippen molar-refractivity contribution in [1.29, 1.82) is 0 Å². The molecule has 2 amide bonds. The Bertz CT molecular complexity index is 808. The van der Waals surface area contributed by atoms with Crippen LogP contribution in [0.3, 0.4) is 0 Å². The first-order valence-electron chi connectivity index (χ1n) is 9.82. The number of hydrogen-bond donors (Lipinski definition) is 1. The van der Waals surface area contributed by atoms with Crippen molar-refractivity contribution < 1.29 is 18.7 Å². The van der Waals surface area contributed by atoms with Gasteiger partial charge in [0.1, 0.15) is 18.2 Å². The number of para-hydroxylation sites is 1. The van der Waals surface area contributed by atoms with Crippen molar-refractivity contribution in [2.45, 2.75) is 26.1 Å². The molecule has 0 aromatic heterocycles. The van der Waals surface area contributed by atoms with Gasteiger partial charge >= 0.3 is 6.03 Å². The van der Waals surface area contributed by atoms with Gasteiger partial charge in [0.25, 0.3) is 0 Å². The molecule has 3 rings (SSSR count). The first-order valence-corrected chi connectivity index (χ1v) is 9.82. The van der Waals surface area contributed by atoms with Crippen LogP contribution in [0.1, 0.15) is 13.8 Å². The molecule has 0 bridgehead atoms. The minimum atomic E-state index is -0.362. The quantitative estimate of drug-likeness (QED) is 0.796. The molecule has 0 saturated carbocycles. The van der Waals surface area contributed by atoms with Crippen LogP contribution in [0.4, 0.5) is 20.6 Å². The van der Waals surface area contributed by atoms with Gasteiger partial charge in [-0.2, -0.15) is 0 Å². The number of amides is 2. The van der Waals surface area contributed by atoms with E-state index in [1.165, 1.54) is 11.0 Å². The van der Waals surface area contributed by atoms with E-state index in [2.05, 4.69) is 5.32 Å². The Hall–Kier alpha value is -2.80. The van der Waals surface area contributed by atoms with Crippen LogP contribution in [0.2, 0.25) is 0 Å². The topological polar surface area (TPSA) is 54.0 Å².